The third-order valence-corrected chi connectivity index (χ3v) is 12.9. The number of hydrogen-bond acceptors (Lipinski definition) is 9. The normalized spacial score (nSPS) is 11.3. The van der Waals surface area contributed by atoms with Crippen molar-refractivity contribution >= 4 is 79.7 Å². The van der Waals surface area contributed by atoms with Gasteiger partial charge in [-0.2, -0.15) is 0 Å². The lowest BCUT2D eigenvalue weighted by molar-refractivity contribution is 0.425. The maximum absolute atomic E-state index is 10.1. The van der Waals surface area contributed by atoms with E-state index in [4.69, 9.17) is 24.9 Å². The summed E-state index contributed by atoms with van der Waals surface area (Å²) in [6.07, 6.45) is 0. The maximum Gasteiger partial charge on any atom is 0.489 e. The van der Waals surface area contributed by atoms with Crippen LogP contribution in [0.5, 0.6) is 0 Å². The molecule has 0 radical (unpaired) electrons. The average Bonchev–Trinajstić information content (AvgIpc) is 3.97. The Morgan fingerprint density at radius 1 is 0.319 bits per heavy atom. The SMILES string of the molecule is OB(O)c1cccc2c1c1ccccc1n2-c1cccc(-c2nc(-c3ccccc3)nc(-c3ccccc3)n2)c1.OB(O)c1cccc2c1c1ccccc1n2-c1nc(-c2ccccc2)c2ccccc2n1. The molecule has 4 aromatic heterocycles. The fourth-order valence-corrected chi connectivity index (χ4v) is 9.72. The van der Waals surface area contributed by atoms with E-state index < -0.39 is 14.2 Å². The van der Waals surface area contributed by atoms with Gasteiger partial charge in [0.05, 0.1) is 33.3 Å². The minimum atomic E-state index is -1.58. The molecule has 0 saturated carbocycles. The van der Waals surface area contributed by atoms with Gasteiger partial charge in [-0.1, -0.05) is 182 Å². The number of nitrogens with zero attached hydrogens (tertiary/aromatic N) is 7. The Balaban J connectivity index is 0.000000151. The summed E-state index contributed by atoms with van der Waals surface area (Å²) in [5.74, 6) is 2.32. The summed E-state index contributed by atoms with van der Waals surface area (Å²) in [5, 5.41) is 44.7. The van der Waals surface area contributed by atoms with Crippen molar-refractivity contribution in [2.45, 2.75) is 0 Å². The third kappa shape index (κ3) is 7.94. The van der Waals surface area contributed by atoms with E-state index in [0.717, 1.165) is 88.1 Å². The number of aromatic nitrogens is 7. The molecule has 11 nitrogen and oxygen atoms in total. The van der Waals surface area contributed by atoms with Crippen LogP contribution < -0.4 is 10.9 Å². The van der Waals surface area contributed by atoms with E-state index in [2.05, 4.69) is 10.6 Å². The van der Waals surface area contributed by atoms with Crippen LogP contribution >= 0.6 is 0 Å². The van der Waals surface area contributed by atoms with Gasteiger partial charge in [0.15, 0.2) is 17.5 Å². The maximum atomic E-state index is 10.1. The van der Waals surface area contributed by atoms with E-state index in [9.17, 15) is 20.1 Å². The molecule has 0 amide bonds. The van der Waals surface area contributed by atoms with E-state index in [-0.39, 0.29) is 0 Å². The predicted molar refractivity (Wildman–Crippen MR) is 289 cm³/mol. The Hall–Kier alpha value is -9.10. The molecule has 0 aliphatic carbocycles. The Bertz CT molecular complexity index is 4080. The summed E-state index contributed by atoms with van der Waals surface area (Å²) < 4.78 is 4.13. The molecule has 0 spiro atoms. The molecule has 0 aliphatic rings. The van der Waals surface area contributed by atoms with Crippen LogP contribution in [0, 0.1) is 0 Å². The summed E-state index contributed by atoms with van der Waals surface area (Å²) >= 11 is 0. The number of rotatable bonds is 8. The Morgan fingerprint density at radius 3 is 1.29 bits per heavy atom. The van der Waals surface area contributed by atoms with Crippen molar-refractivity contribution in [2.75, 3.05) is 0 Å². The molecule has 0 saturated heterocycles. The molecule has 0 aliphatic heterocycles. The van der Waals surface area contributed by atoms with Crippen LogP contribution in [0.2, 0.25) is 0 Å². The van der Waals surface area contributed by atoms with Gasteiger partial charge in [-0.3, -0.25) is 4.57 Å². The second-order valence-electron chi connectivity index (χ2n) is 17.3. The van der Waals surface area contributed by atoms with Gasteiger partial charge in [-0.05, 0) is 53.4 Å². The molecule has 4 N–H and O–H groups in total. The summed E-state index contributed by atoms with van der Waals surface area (Å²) in [5.41, 5.74) is 10.8. The minimum Gasteiger partial charge on any atom is -0.423 e. The predicted octanol–water partition coefficient (Wildman–Crippen LogP) is 9.72. The first kappa shape index (κ1) is 44.1. The van der Waals surface area contributed by atoms with Crippen molar-refractivity contribution in [3.05, 3.63) is 224 Å². The highest BCUT2D eigenvalue weighted by Gasteiger charge is 2.24. The summed E-state index contributed by atoms with van der Waals surface area (Å²) in [4.78, 5) is 24.5. The van der Waals surface area contributed by atoms with Crippen LogP contribution in [-0.2, 0) is 0 Å². The molecule has 0 atom stereocenters. The molecular formula is C59H41B2N7O4. The molecule has 13 rings (SSSR count). The highest BCUT2D eigenvalue weighted by molar-refractivity contribution is 6.63. The van der Waals surface area contributed by atoms with Crippen LogP contribution in [0.1, 0.15) is 0 Å². The zero-order valence-corrected chi connectivity index (χ0v) is 38.4. The summed E-state index contributed by atoms with van der Waals surface area (Å²) in [6, 6.07) is 73.0. The molecule has 0 fully saturated rings. The molecule has 0 unspecified atom stereocenters. The summed E-state index contributed by atoms with van der Waals surface area (Å²) in [6.45, 7) is 0. The lowest BCUT2D eigenvalue weighted by Gasteiger charge is -2.12. The van der Waals surface area contributed by atoms with Crippen molar-refractivity contribution < 1.29 is 20.1 Å². The van der Waals surface area contributed by atoms with Gasteiger partial charge in [-0.15, -0.1) is 0 Å². The highest BCUT2D eigenvalue weighted by Crippen LogP contribution is 2.35. The van der Waals surface area contributed by atoms with E-state index in [1.807, 2.05) is 211 Å². The van der Waals surface area contributed by atoms with Gasteiger partial charge in [0.25, 0.3) is 0 Å². The zero-order chi connectivity index (χ0) is 48.7. The first-order valence-corrected chi connectivity index (χ1v) is 23.5. The molecule has 0 bridgehead atoms. The molecule has 13 aromatic rings. The highest BCUT2D eigenvalue weighted by atomic mass is 16.4. The van der Waals surface area contributed by atoms with Crippen LogP contribution in [0.15, 0.2) is 224 Å². The van der Waals surface area contributed by atoms with Gasteiger partial charge in [-0.25, -0.2) is 24.9 Å². The summed E-state index contributed by atoms with van der Waals surface area (Å²) in [7, 11) is -3.15. The number of para-hydroxylation sites is 3. The lowest BCUT2D eigenvalue weighted by atomic mass is 9.77. The molecule has 13 heteroatoms. The fraction of sp³-hybridized carbons (Fsp3) is 0. The van der Waals surface area contributed by atoms with Crippen molar-refractivity contribution in [1.82, 2.24) is 34.1 Å². The van der Waals surface area contributed by atoms with E-state index in [1.165, 1.54) is 0 Å². The average molecular weight is 934 g/mol. The van der Waals surface area contributed by atoms with Gasteiger partial charge in [0.1, 0.15) is 0 Å². The van der Waals surface area contributed by atoms with Gasteiger partial charge >= 0.3 is 14.2 Å². The first-order valence-electron chi connectivity index (χ1n) is 23.5. The van der Waals surface area contributed by atoms with Crippen molar-refractivity contribution in [2.24, 2.45) is 0 Å². The van der Waals surface area contributed by atoms with Gasteiger partial charge < -0.3 is 24.7 Å². The van der Waals surface area contributed by atoms with Crippen molar-refractivity contribution in [3.63, 3.8) is 0 Å². The van der Waals surface area contributed by atoms with Crippen LogP contribution in [0.4, 0.5) is 0 Å². The third-order valence-electron chi connectivity index (χ3n) is 12.9. The van der Waals surface area contributed by atoms with Crippen LogP contribution in [0.3, 0.4) is 0 Å². The molecule has 9 aromatic carbocycles. The fourth-order valence-electron chi connectivity index (χ4n) is 9.72. The Morgan fingerprint density at radius 2 is 0.736 bits per heavy atom. The topological polar surface area (TPSA) is 155 Å². The molecular weight excluding hydrogens is 892 g/mol. The van der Waals surface area contributed by atoms with E-state index >= 15 is 0 Å². The number of fused-ring (bicyclic) bond motifs is 7. The lowest BCUT2D eigenvalue weighted by Crippen LogP contribution is -2.30. The standard InChI is InChI=1S/C33H23BN4O2.C26H18BN3O2/c39-34(40)27-18-10-20-29-30(27)26-17-7-8-19-28(26)38(29)25-16-9-15-24(21-25)33-36-31(22-11-3-1-4-12-22)35-32(37-33)23-13-5-2-6-14-23;31-27(32)20-13-8-16-23-24(20)19-12-5-7-15-22(19)30(23)26-28-21-14-6-4-11-18(21)25(29-26)17-9-2-1-3-10-17/h1-21,39-40H;1-16,31-32H. The first-order chi connectivity index (χ1) is 35.4. The smallest absolute Gasteiger partial charge is 0.423 e. The monoisotopic (exact) mass is 933 g/mol. The van der Waals surface area contributed by atoms with Gasteiger partial charge in [0.2, 0.25) is 5.95 Å². The largest absolute Gasteiger partial charge is 0.489 e. The van der Waals surface area contributed by atoms with Crippen molar-refractivity contribution in [3.8, 4) is 57.1 Å². The zero-order valence-electron chi connectivity index (χ0n) is 38.4. The number of hydrogen-bond donors (Lipinski definition) is 4. The van der Waals surface area contributed by atoms with Crippen molar-refractivity contribution in [1.29, 1.82) is 0 Å². The second kappa shape index (κ2) is 18.7. The second-order valence-corrected chi connectivity index (χ2v) is 17.3. The molecule has 72 heavy (non-hydrogen) atoms. The van der Waals surface area contributed by atoms with Crippen LogP contribution in [0.25, 0.3) is 112 Å². The molecule has 342 valence electrons. The van der Waals surface area contributed by atoms with Crippen LogP contribution in [-0.4, -0.2) is 68.4 Å². The van der Waals surface area contributed by atoms with Gasteiger partial charge in [0, 0.05) is 54.9 Å². The Kier molecular flexibility index (Phi) is 11.4. The Labute approximate surface area is 413 Å². The van der Waals surface area contributed by atoms with E-state index in [0.29, 0.717) is 34.3 Å². The quantitative estimate of drug-likeness (QED) is 0.109. The minimum absolute atomic E-state index is 0.460. The molecule has 4 heterocycles. The number of benzene rings is 9. The van der Waals surface area contributed by atoms with E-state index in [1.54, 1.807) is 12.1 Å².